The molecule has 0 aromatic heterocycles. The van der Waals surface area contributed by atoms with Crippen LogP contribution in [0, 0.1) is 0 Å². The van der Waals surface area contributed by atoms with Crippen LogP contribution in [0.4, 0.5) is 5.69 Å². The van der Waals surface area contributed by atoms with Crippen LogP contribution in [-0.2, 0) is 6.61 Å². The van der Waals surface area contributed by atoms with Crippen molar-refractivity contribution in [3.63, 3.8) is 0 Å². The van der Waals surface area contributed by atoms with E-state index in [-0.39, 0.29) is 0 Å². The Morgan fingerprint density at radius 1 is 0.833 bits per heavy atom. The lowest BCUT2D eigenvalue weighted by Gasteiger charge is -2.37. The van der Waals surface area contributed by atoms with Gasteiger partial charge in [-0.1, -0.05) is 60.7 Å². The van der Waals surface area contributed by atoms with E-state index in [0.29, 0.717) is 12.4 Å². The van der Waals surface area contributed by atoms with Crippen LogP contribution in [0.3, 0.4) is 0 Å². The number of hydrogen-bond acceptors (Lipinski definition) is 4. The van der Waals surface area contributed by atoms with Gasteiger partial charge in [-0.25, -0.2) is 0 Å². The molecule has 0 aliphatic carbocycles. The highest BCUT2D eigenvalue weighted by molar-refractivity contribution is 7.80. The molecule has 1 heterocycles. The molecule has 154 valence electrons. The van der Waals surface area contributed by atoms with Crippen LogP contribution in [0.2, 0.25) is 0 Å². The summed E-state index contributed by atoms with van der Waals surface area (Å²) in [6, 6.07) is 26.6. The smallest absolute Gasteiger partial charge is 0.161 e. The Morgan fingerprint density at radius 2 is 1.50 bits per heavy atom. The molecule has 0 unspecified atom stereocenters. The van der Waals surface area contributed by atoms with Crippen LogP contribution >= 0.6 is 12.2 Å². The first-order valence-corrected chi connectivity index (χ1v) is 10.6. The van der Waals surface area contributed by atoms with E-state index in [0.717, 1.165) is 48.0 Å². The molecule has 0 radical (unpaired) electrons. The topological polar surface area (TPSA) is 24.9 Å². The number of piperazine rings is 1. The van der Waals surface area contributed by atoms with Gasteiger partial charge in [0.05, 0.1) is 7.11 Å². The minimum absolute atomic E-state index is 0.502. The summed E-state index contributed by atoms with van der Waals surface area (Å²) in [4.78, 5) is 5.53. The van der Waals surface area contributed by atoms with E-state index >= 15 is 0 Å². The fourth-order valence-electron chi connectivity index (χ4n) is 3.64. The molecule has 1 saturated heterocycles. The van der Waals surface area contributed by atoms with Crippen molar-refractivity contribution in [2.45, 2.75) is 6.61 Å². The minimum Gasteiger partial charge on any atom is -0.493 e. The average Bonchev–Trinajstić information content (AvgIpc) is 2.83. The molecule has 0 spiro atoms. The Bertz CT molecular complexity index is 971. The quantitative estimate of drug-likeness (QED) is 0.537. The van der Waals surface area contributed by atoms with Crippen LogP contribution in [0.15, 0.2) is 78.9 Å². The summed E-state index contributed by atoms with van der Waals surface area (Å²) in [6.45, 7) is 4.23. The van der Waals surface area contributed by atoms with Crippen LogP contribution < -0.4 is 14.4 Å². The minimum atomic E-state index is 0.502. The lowest BCUT2D eigenvalue weighted by Crippen LogP contribution is -2.48. The molecular formula is C25H26N2O2S. The molecule has 3 aromatic rings. The molecule has 30 heavy (non-hydrogen) atoms. The van der Waals surface area contributed by atoms with E-state index < -0.39 is 0 Å². The number of anilines is 1. The molecular weight excluding hydrogens is 392 g/mol. The first kappa shape index (κ1) is 20.2. The maximum Gasteiger partial charge on any atom is 0.161 e. The molecule has 0 N–H and O–H groups in total. The fraction of sp³-hybridized carbons (Fsp3) is 0.240. The van der Waals surface area contributed by atoms with Gasteiger partial charge in [-0.05, 0) is 35.9 Å². The van der Waals surface area contributed by atoms with Gasteiger partial charge in [0, 0.05) is 37.4 Å². The summed E-state index contributed by atoms with van der Waals surface area (Å²) in [5, 5.41) is 0. The summed E-state index contributed by atoms with van der Waals surface area (Å²) >= 11 is 5.80. The molecule has 4 rings (SSSR count). The molecule has 5 heteroatoms. The third-order valence-corrected chi connectivity index (χ3v) is 5.83. The molecule has 0 atom stereocenters. The SMILES string of the molecule is COc1cc(C(=S)N2CCN(c3ccccc3)CC2)ccc1OCc1ccccc1. The van der Waals surface area contributed by atoms with Gasteiger partial charge in [0.1, 0.15) is 11.6 Å². The van der Waals surface area contributed by atoms with Crippen LogP contribution in [0.5, 0.6) is 11.5 Å². The van der Waals surface area contributed by atoms with Crippen molar-refractivity contribution in [1.29, 1.82) is 0 Å². The summed E-state index contributed by atoms with van der Waals surface area (Å²) in [5.41, 5.74) is 3.38. The number of ether oxygens (including phenoxy) is 2. The second kappa shape index (κ2) is 9.63. The van der Waals surface area contributed by atoms with Crippen molar-refractivity contribution in [2.24, 2.45) is 0 Å². The van der Waals surface area contributed by atoms with E-state index in [1.165, 1.54) is 5.69 Å². The van der Waals surface area contributed by atoms with Crippen LogP contribution in [0.25, 0.3) is 0 Å². The van der Waals surface area contributed by atoms with Crippen molar-refractivity contribution in [3.05, 3.63) is 90.0 Å². The van der Waals surface area contributed by atoms with Gasteiger partial charge in [-0.2, -0.15) is 0 Å². The summed E-state index contributed by atoms with van der Waals surface area (Å²) in [6.07, 6.45) is 0. The van der Waals surface area contributed by atoms with Crippen molar-refractivity contribution < 1.29 is 9.47 Å². The van der Waals surface area contributed by atoms with Crippen molar-refractivity contribution in [2.75, 3.05) is 38.2 Å². The van der Waals surface area contributed by atoms with Gasteiger partial charge >= 0.3 is 0 Å². The highest BCUT2D eigenvalue weighted by atomic mass is 32.1. The molecule has 1 fully saturated rings. The first-order chi connectivity index (χ1) is 14.7. The van der Waals surface area contributed by atoms with Crippen LogP contribution in [-0.4, -0.2) is 43.2 Å². The fourth-order valence-corrected chi connectivity index (χ4v) is 3.95. The average molecular weight is 419 g/mol. The first-order valence-electron chi connectivity index (χ1n) is 10.2. The van der Waals surface area contributed by atoms with Gasteiger partial charge in [0.2, 0.25) is 0 Å². The predicted octanol–water partition coefficient (Wildman–Crippen LogP) is 4.77. The maximum absolute atomic E-state index is 5.97. The van der Waals surface area contributed by atoms with Crippen LogP contribution in [0.1, 0.15) is 11.1 Å². The van der Waals surface area contributed by atoms with E-state index in [4.69, 9.17) is 21.7 Å². The molecule has 0 saturated carbocycles. The second-order valence-corrected chi connectivity index (χ2v) is 7.64. The number of nitrogens with zero attached hydrogens (tertiary/aromatic N) is 2. The molecule has 3 aromatic carbocycles. The number of thiocarbonyl (C=S) groups is 1. The zero-order valence-corrected chi connectivity index (χ0v) is 18.0. The van der Waals surface area contributed by atoms with Gasteiger partial charge in [0.15, 0.2) is 11.5 Å². The standard InChI is InChI=1S/C25H26N2O2S/c1-28-24-18-21(12-13-23(24)29-19-20-8-4-2-5-9-20)25(30)27-16-14-26(15-17-27)22-10-6-3-7-11-22/h2-13,18H,14-17,19H2,1H3. The largest absolute Gasteiger partial charge is 0.493 e. The monoisotopic (exact) mass is 418 g/mol. The van der Waals surface area contributed by atoms with E-state index in [1.807, 2.05) is 48.5 Å². The normalized spacial score (nSPS) is 13.8. The highest BCUT2D eigenvalue weighted by Gasteiger charge is 2.21. The lowest BCUT2D eigenvalue weighted by atomic mass is 10.1. The molecule has 4 nitrogen and oxygen atoms in total. The number of hydrogen-bond donors (Lipinski definition) is 0. The number of para-hydroxylation sites is 1. The zero-order valence-electron chi connectivity index (χ0n) is 17.2. The number of methoxy groups -OCH3 is 1. The zero-order chi connectivity index (χ0) is 20.8. The third-order valence-electron chi connectivity index (χ3n) is 5.34. The van der Waals surface area contributed by atoms with Gasteiger partial charge in [0.25, 0.3) is 0 Å². The molecule has 1 aliphatic heterocycles. The molecule has 1 aliphatic rings. The van der Waals surface area contributed by atoms with Crippen molar-refractivity contribution in [1.82, 2.24) is 4.90 Å². The summed E-state index contributed by atoms with van der Waals surface area (Å²) < 4.78 is 11.5. The van der Waals surface area contributed by atoms with Gasteiger partial charge in [-0.15, -0.1) is 0 Å². The predicted molar refractivity (Wildman–Crippen MR) is 126 cm³/mol. The maximum atomic E-state index is 5.97. The summed E-state index contributed by atoms with van der Waals surface area (Å²) in [5.74, 6) is 1.43. The third kappa shape index (κ3) is 4.74. The van der Waals surface area contributed by atoms with Gasteiger partial charge < -0.3 is 19.3 Å². The Morgan fingerprint density at radius 3 is 2.17 bits per heavy atom. The second-order valence-electron chi connectivity index (χ2n) is 7.25. The van der Waals surface area contributed by atoms with E-state index in [9.17, 15) is 0 Å². The Hall–Kier alpha value is -3.05. The van der Waals surface area contributed by atoms with Gasteiger partial charge in [-0.3, -0.25) is 0 Å². The lowest BCUT2D eigenvalue weighted by molar-refractivity contribution is 0.284. The summed E-state index contributed by atoms with van der Waals surface area (Å²) in [7, 11) is 1.66. The van der Waals surface area contributed by atoms with E-state index in [2.05, 4.69) is 40.1 Å². The molecule has 0 amide bonds. The van der Waals surface area contributed by atoms with Crippen molar-refractivity contribution in [3.8, 4) is 11.5 Å². The highest BCUT2D eigenvalue weighted by Crippen LogP contribution is 2.30. The Balaban J connectivity index is 1.39. The number of benzene rings is 3. The Kier molecular flexibility index (Phi) is 6.50. The Labute approximate surface area is 183 Å². The number of rotatable bonds is 6. The molecule has 0 bridgehead atoms. The van der Waals surface area contributed by atoms with Crippen molar-refractivity contribution >= 4 is 22.9 Å². The van der Waals surface area contributed by atoms with E-state index in [1.54, 1.807) is 7.11 Å².